The molecule has 23 heavy (non-hydrogen) atoms. The summed E-state index contributed by atoms with van der Waals surface area (Å²) in [4.78, 5) is 18.1. The van der Waals surface area contributed by atoms with Gasteiger partial charge in [0.15, 0.2) is 0 Å². The third-order valence-electron chi connectivity index (χ3n) is 3.83. The van der Waals surface area contributed by atoms with E-state index in [0.29, 0.717) is 5.56 Å². The van der Waals surface area contributed by atoms with E-state index in [2.05, 4.69) is 4.98 Å². The number of rotatable bonds is 3. The number of benzene rings is 2. The second-order valence-corrected chi connectivity index (χ2v) is 6.18. The number of carbonyl (C=O) groups is 1. The van der Waals surface area contributed by atoms with Gasteiger partial charge in [-0.3, -0.25) is 9.78 Å². The third kappa shape index (κ3) is 2.45. The van der Waals surface area contributed by atoms with Gasteiger partial charge in [0.1, 0.15) is 0 Å². The number of fused-ring (bicyclic) bond motifs is 1. The predicted molar refractivity (Wildman–Crippen MR) is 94.9 cm³/mol. The molecule has 0 aliphatic rings. The van der Waals surface area contributed by atoms with E-state index in [-0.39, 0.29) is 5.78 Å². The Bertz CT molecular complexity index is 975. The van der Waals surface area contributed by atoms with Crippen molar-refractivity contribution in [1.82, 2.24) is 4.98 Å². The molecule has 0 unspecified atom stereocenters. The van der Waals surface area contributed by atoms with E-state index in [0.717, 1.165) is 26.9 Å². The fourth-order valence-electron chi connectivity index (χ4n) is 2.77. The summed E-state index contributed by atoms with van der Waals surface area (Å²) in [5, 5.41) is 2.92. The van der Waals surface area contributed by atoms with Crippen LogP contribution < -0.4 is 0 Å². The van der Waals surface area contributed by atoms with Gasteiger partial charge in [-0.2, -0.15) is 0 Å². The molecule has 4 rings (SSSR count). The molecule has 2 aromatic heterocycles. The summed E-state index contributed by atoms with van der Waals surface area (Å²) in [6, 6.07) is 21.7. The molecule has 0 bridgehead atoms. The first-order valence-corrected chi connectivity index (χ1v) is 8.24. The fourth-order valence-corrected chi connectivity index (χ4v) is 3.45. The normalized spacial score (nSPS) is 10.8. The molecule has 0 fully saturated rings. The Balaban J connectivity index is 2.03. The van der Waals surface area contributed by atoms with Crippen molar-refractivity contribution >= 4 is 28.0 Å². The molecule has 0 saturated heterocycles. The Labute approximate surface area is 138 Å². The second-order valence-electron chi connectivity index (χ2n) is 5.24. The molecule has 0 saturated carbocycles. The zero-order valence-corrected chi connectivity index (χ0v) is 13.1. The maximum Gasteiger partial charge on any atom is 0.205 e. The van der Waals surface area contributed by atoms with Crippen molar-refractivity contribution in [3.63, 3.8) is 0 Å². The Morgan fingerprint density at radius 3 is 2.43 bits per heavy atom. The van der Waals surface area contributed by atoms with E-state index in [9.17, 15) is 4.79 Å². The number of thiophene rings is 1. The number of nitrogens with zero attached hydrogens (tertiary/aromatic N) is 1. The van der Waals surface area contributed by atoms with Gasteiger partial charge in [0, 0.05) is 17.1 Å². The number of hydrogen-bond acceptors (Lipinski definition) is 3. The lowest BCUT2D eigenvalue weighted by Crippen LogP contribution is -2.03. The van der Waals surface area contributed by atoms with Crippen molar-refractivity contribution in [2.24, 2.45) is 0 Å². The third-order valence-corrected chi connectivity index (χ3v) is 4.70. The average Bonchev–Trinajstić information content (AvgIpc) is 3.15. The summed E-state index contributed by atoms with van der Waals surface area (Å²) in [6.45, 7) is 0. The number of ketones is 1. The lowest BCUT2D eigenvalue weighted by atomic mass is 9.94. The molecule has 2 heterocycles. The summed E-state index contributed by atoms with van der Waals surface area (Å²) >= 11 is 1.46. The lowest BCUT2D eigenvalue weighted by Gasteiger charge is -2.11. The minimum atomic E-state index is 0.0251. The minimum absolute atomic E-state index is 0.0251. The average molecular weight is 315 g/mol. The topological polar surface area (TPSA) is 30.0 Å². The van der Waals surface area contributed by atoms with Gasteiger partial charge in [-0.25, -0.2) is 0 Å². The van der Waals surface area contributed by atoms with E-state index in [4.69, 9.17) is 0 Å². The van der Waals surface area contributed by atoms with Crippen LogP contribution in [0.3, 0.4) is 0 Å². The molecule has 0 aliphatic heterocycles. The van der Waals surface area contributed by atoms with Crippen molar-refractivity contribution in [2.75, 3.05) is 0 Å². The van der Waals surface area contributed by atoms with Gasteiger partial charge in [-0.15, -0.1) is 11.3 Å². The first-order valence-electron chi connectivity index (χ1n) is 7.36. The summed E-state index contributed by atoms with van der Waals surface area (Å²) in [7, 11) is 0. The number of hydrogen-bond donors (Lipinski definition) is 0. The largest absolute Gasteiger partial charge is 0.288 e. The molecule has 0 aliphatic carbocycles. The molecular weight excluding hydrogens is 302 g/mol. The molecule has 110 valence electrons. The van der Waals surface area contributed by atoms with Gasteiger partial charge in [-0.1, -0.05) is 54.6 Å². The molecule has 0 spiro atoms. The van der Waals surface area contributed by atoms with Crippen LogP contribution in [-0.4, -0.2) is 10.8 Å². The van der Waals surface area contributed by atoms with Crippen LogP contribution in [0.4, 0.5) is 0 Å². The Kier molecular flexibility index (Phi) is 3.48. The number of para-hydroxylation sites is 1. The van der Waals surface area contributed by atoms with Gasteiger partial charge in [-0.05, 0) is 23.1 Å². The van der Waals surface area contributed by atoms with Crippen molar-refractivity contribution in [1.29, 1.82) is 0 Å². The fraction of sp³-hybridized carbons (Fsp3) is 0. The van der Waals surface area contributed by atoms with Crippen molar-refractivity contribution in [2.45, 2.75) is 0 Å². The van der Waals surface area contributed by atoms with E-state index >= 15 is 0 Å². The Morgan fingerprint density at radius 1 is 0.870 bits per heavy atom. The van der Waals surface area contributed by atoms with E-state index in [1.54, 1.807) is 6.20 Å². The summed E-state index contributed by atoms with van der Waals surface area (Å²) < 4.78 is 0. The Hall–Kier alpha value is -2.78. The SMILES string of the molecule is O=C(c1cccs1)c1cnc2ccccc2c1-c1ccccc1. The first kappa shape index (κ1) is 13.9. The standard InChI is InChI=1S/C20H13NOS/c22-20(18-11-6-12-23-18)16-13-21-17-10-5-4-9-15(17)19(16)14-7-2-1-3-8-14/h1-13H. The van der Waals surface area contributed by atoms with Crippen LogP contribution in [0.2, 0.25) is 0 Å². The number of aromatic nitrogens is 1. The summed E-state index contributed by atoms with van der Waals surface area (Å²) in [6.07, 6.45) is 1.70. The number of pyridine rings is 1. The highest BCUT2D eigenvalue weighted by Gasteiger charge is 2.18. The van der Waals surface area contributed by atoms with E-state index in [1.807, 2.05) is 72.1 Å². The molecule has 0 amide bonds. The second kappa shape index (κ2) is 5.78. The van der Waals surface area contributed by atoms with Crippen LogP contribution in [0.1, 0.15) is 15.2 Å². The molecule has 0 N–H and O–H groups in total. The highest BCUT2D eigenvalue weighted by Crippen LogP contribution is 2.32. The molecular formula is C20H13NOS. The smallest absolute Gasteiger partial charge is 0.205 e. The first-order chi connectivity index (χ1) is 11.3. The molecule has 2 nitrogen and oxygen atoms in total. The summed E-state index contributed by atoms with van der Waals surface area (Å²) in [5.74, 6) is 0.0251. The maximum absolute atomic E-state index is 12.9. The highest BCUT2D eigenvalue weighted by molar-refractivity contribution is 7.12. The summed E-state index contributed by atoms with van der Waals surface area (Å²) in [5.41, 5.74) is 3.53. The zero-order valence-electron chi connectivity index (χ0n) is 12.3. The molecule has 4 aromatic rings. The predicted octanol–water partition coefficient (Wildman–Crippen LogP) is 5.19. The maximum atomic E-state index is 12.9. The van der Waals surface area contributed by atoms with Crippen molar-refractivity contribution in [3.05, 3.63) is 88.7 Å². The van der Waals surface area contributed by atoms with Crippen LogP contribution in [0.25, 0.3) is 22.0 Å². The van der Waals surface area contributed by atoms with Crippen LogP contribution in [0.5, 0.6) is 0 Å². The van der Waals surface area contributed by atoms with Gasteiger partial charge < -0.3 is 0 Å². The minimum Gasteiger partial charge on any atom is -0.288 e. The van der Waals surface area contributed by atoms with Crippen LogP contribution >= 0.6 is 11.3 Å². The number of carbonyl (C=O) groups excluding carboxylic acids is 1. The van der Waals surface area contributed by atoms with Gasteiger partial charge in [0.05, 0.1) is 16.0 Å². The van der Waals surface area contributed by atoms with Crippen LogP contribution in [0, 0.1) is 0 Å². The monoisotopic (exact) mass is 315 g/mol. The van der Waals surface area contributed by atoms with Gasteiger partial charge in [0.2, 0.25) is 5.78 Å². The quantitative estimate of drug-likeness (QED) is 0.487. The van der Waals surface area contributed by atoms with Gasteiger partial charge >= 0.3 is 0 Å². The zero-order chi connectivity index (χ0) is 15.6. The molecule has 0 radical (unpaired) electrons. The van der Waals surface area contributed by atoms with Crippen LogP contribution in [-0.2, 0) is 0 Å². The Morgan fingerprint density at radius 2 is 1.65 bits per heavy atom. The molecule has 3 heteroatoms. The van der Waals surface area contributed by atoms with E-state index in [1.165, 1.54) is 11.3 Å². The van der Waals surface area contributed by atoms with Gasteiger partial charge in [0.25, 0.3) is 0 Å². The van der Waals surface area contributed by atoms with Crippen LogP contribution in [0.15, 0.2) is 78.3 Å². The molecule has 0 atom stereocenters. The molecule has 2 aromatic carbocycles. The lowest BCUT2D eigenvalue weighted by molar-refractivity contribution is 0.104. The van der Waals surface area contributed by atoms with E-state index < -0.39 is 0 Å². The van der Waals surface area contributed by atoms with Crippen molar-refractivity contribution in [3.8, 4) is 11.1 Å². The van der Waals surface area contributed by atoms with Crippen molar-refractivity contribution < 1.29 is 4.79 Å². The highest BCUT2D eigenvalue weighted by atomic mass is 32.1.